The van der Waals surface area contributed by atoms with E-state index in [-0.39, 0.29) is 31.4 Å². The summed E-state index contributed by atoms with van der Waals surface area (Å²) in [6.07, 6.45) is 0.117. The number of nitrogens with two attached hydrogens (primary N) is 1. The summed E-state index contributed by atoms with van der Waals surface area (Å²) in [5, 5.41) is 8.79. The Balaban J connectivity index is 1.47. The Morgan fingerprint density at radius 2 is 2.12 bits per heavy atom. The van der Waals surface area contributed by atoms with Crippen LogP contribution in [0.4, 0.5) is 10.8 Å². The lowest BCUT2D eigenvalue weighted by Gasteiger charge is -2.06. The summed E-state index contributed by atoms with van der Waals surface area (Å²) < 4.78 is 10.5. The van der Waals surface area contributed by atoms with Gasteiger partial charge in [0.25, 0.3) is 0 Å². The minimum Gasteiger partial charge on any atom is -0.454 e. The molecule has 1 aromatic heterocycles. The van der Waals surface area contributed by atoms with Crippen molar-refractivity contribution in [2.24, 2.45) is 5.10 Å². The van der Waals surface area contributed by atoms with Crippen molar-refractivity contribution >= 4 is 39.7 Å². The highest BCUT2D eigenvalue weighted by Gasteiger charge is 2.14. The molecule has 0 aliphatic carbocycles. The summed E-state index contributed by atoms with van der Waals surface area (Å²) in [5.74, 6) is 0.644. The third kappa shape index (κ3) is 4.70. The molecule has 9 nitrogen and oxygen atoms in total. The first-order valence-corrected chi connectivity index (χ1v) is 8.59. The van der Waals surface area contributed by atoms with E-state index in [1.807, 2.05) is 0 Å². The Labute approximate surface area is 153 Å². The minimum absolute atomic E-state index is 0.0401. The third-order valence-corrected chi connectivity index (χ3v) is 4.08. The van der Waals surface area contributed by atoms with Gasteiger partial charge in [-0.15, -0.1) is 11.3 Å². The van der Waals surface area contributed by atoms with Gasteiger partial charge in [0.15, 0.2) is 16.6 Å². The van der Waals surface area contributed by atoms with Gasteiger partial charge in [0.1, 0.15) is 0 Å². The van der Waals surface area contributed by atoms with Crippen molar-refractivity contribution in [3.63, 3.8) is 0 Å². The van der Waals surface area contributed by atoms with E-state index < -0.39 is 0 Å². The lowest BCUT2D eigenvalue weighted by molar-refractivity contribution is -0.120. The number of thiazole rings is 1. The zero-order chi connectivity index (χ0) is 18.5. The topological polar surface area (TPSA) is 128 Å². The minimum atomic E-state index is -0.328. The van der Waals surface area contributed by atoms with Crippen molar-refractivity contribution in [2.45, 2.75) is 19.8 Å². The molecule has 0 spiro atoms. The number of anilines is 2. The molecule has 1 aliphatic rings. The molecule has 0 bridgehead atoms. The molecule has 2 heterocycles. The molecule has 0 atom stereocenters. The summed E-state index contributed by atoms with van der Waals surface area (Å²) >= 11 is 1.27. The molecular formula is C16H17N5O4S. The number of rotatable bonds is 6. The van der Waals surface area contributed by atoms with Crippen LogP contribution in [0.3, 0.4) is 0 Å². The van der Waals surface area contributed by atoms with Crippen molar-refractivity contribution < 1.29 is 19.1 Å². The van der Waals surface area contributed by atoms with Crippen LogP contribution in [-0.2, 0) is 16.0 Å². The number of amides is 2. The van der Waals surface area contributed by atoms with Gasteiger partial charge < -0.3 is 20.5 Å². The Morgan fingerprint density at radius 1 is 1.31 bits per heavy atom. The summed E-state index contributed by atoms with van der Waals surface area (Å²) in [7, 11) is 0. The number of nitrogens with one attached hydrogen (secondary N) is 2. The standard InChI is InChI=1S/C16H17N5O4S/c1-9(20-21-15(23)6-11-7-26-16(17)19-11)4-14(22)18-10-2-3-12-13(5-10)25-8-24-12/h2-3,5,7H,4,6,8H2,1H3,(H2,17,19)(H,18,22)(H,21,23)/b20-9+. The predicted molar refractivity (Wildman–Crippen MR) is 97.3 cm³/mol. The van der Waals surface area contributed by atoms with Crippen molar-refractivity contribution in [1.82, 2.24) is 10.4 Å². The number of carbonyl (C=O) groups excluding carboxylic acids is 2. The fourth-order valence-corrected chi connectivity index (χ4v) is 2.78. The van der Waals surface area contributed by atoms with E-state index in [1.165, 1.54) is 11.3 Å². The van der Waals surface area contributed by atoms with Gasteiger partial charge in [0, 0.05) is 22.8 Å². The number of nitrogen functional groups attached to an aromatic ring is 1. The van der Waals surface area contributed by atoms with Crippen LogP contribution < -0.4 is 25.9 Å². The Morgan fingerprint density at radius 3 is 2.88 bits per heavy atom. The third-order valence-electron chi connectivity index (χ3n) is 3.36. The van der Waals surface area contributed by atoms with Crippen LogP contribution in [0.1, 0.15) is 19.0 Å². The van der Waals surface area contributed by atoms with Crippen LogP contribution in [0, 0.1) is 0 Å². The second-order valence-corrected chi connectivity index (χ2v) is 6.42. The van der Waals surface area contributed by atoms with Crippen LogP contribution in [0.2, 0.25) is 0 Å². The molecule has 1 aromatic carbocycles. The van der Waals surface area contributed by atoms with Gasteiger partial charge in [-0.25, -0.2) is 10.4 Å². The Hall–Kier alpha value is -3.14. The lowest BCUT2D eigenvalue weighted by Crippen LogP contribution is -2.23. The summed E-state index contributed by atoms with van der Waals surface area (Å²) in [5.41, 5.74) is 9.56. The summed E-state index contributed by atoms with van der Waals surface area (Å²) in [6, 6.07) is 5.14. The molecule has 0 saturated carbocycles. The molecule has 26 heavy (non-hydrogen) atoms. The normalized spacial score (nSPS) is 12.7. The molecule has 4 N–H and O–H groups in total. The number of nitrogens with zero attached hydrogens (tertiary/aromatic N) is 2. The largest absolute Gasteiger partial charge is 0.454 e. The van der Waals surface area contributed by atoms with Crippen LogP contribution in [-0.4, -0.2) is 29.3 Å². The molecule has 0 saturated heterocycles. The molecule has 136 valence electrons. The van der Waals surface area contributed by atoms with Crippen LogP contribution in [0.5, 0.6) is 11.5 Å². The second-order valence-electron chi connectivity index (χ2n) is 5.53. The number of hydrogen-bond acceptors (Lipinski definition) is 8. The van der Waals surface area contributed by atoms with Crippen molar-refractivity contribution in [3.05, 3.63) is 29.3 Å². The number of benzene rings is 1. The number of ether oxygens (including phenoxy) is 2. The maximum absolute atomic E-state index is 12.1. The van der Waals surface area contributed by atoms with Crippen molar-refractivity contribution in [1.29, 1.82) is 0 Å². The zero-order valence-corrected chi connectivity index (χ0v) is 14.8. The number of aromatic nitrogens is 1. The molecule has 1 aliphatic heterocycles. The number of fused-ring (bicyclic) bond motifs is 1. The van der Waals surface area contributed by atoms with Crippen molar-refractivity contribution in [3.8, 4) is 11.5 Å². The molecule has 0 radical (unpaired) electrons. The highest BCUT2D eigenvalue weighted by atomic mass is 32.1. The zero-order valence-electron chi connectivity index (χ0n) is 13.9. The van der Waals surface area contributed by atoms with E-state index in [9.17, 15) is 9.59 Å². The summed E-state index contributed by atoms with van der Waals surface area (Å²) in [6.45, 7) is 1.83. The van der Waals surface area contributed by atoms with E-state index in [4.69, 9.17) is 15.2 Å². The highest BCUT2D eigenvalue weighted by molar-refractivity contribution is 7.13. The van der Waals surface area contributed by atoms with E-state index in [0.29, 0.717) is 33.7 Å². The summed E-state index contributed by atoms with van der Waals surface area (Å²) in [4.78, 5) is 27.9. The first-order valence-electron chi connectivity index (χ1n) is 7.71. The quantitative estimate of drug-likeness (QED) is 0.519. The van der Waals surface area contributed by atoms with Gasteiger partial charge in [-0.3, -0.25) is 9.59 Å². The van der Waals surface area contributed by atoms with E-state index in [0.717, 1.165) is 0 Å². The van der Waals surface area contributed by atoms with Gasteiger partial charge in [-0.2, -0.15) is 5.10 Å². The second kappa shape index (κ2) is 7.83. The van der Waals surface area contributed by atoms with Gasteiger partial charge in [0.05, 0.1) is 18.5 Å². The van der Waals surface area contributed by atoms with E-state index >= 15 is 0 Å². The fraction of sp³-hybridized carbons (Fsp3) is 0.250. The number of hydrazone groups is 1. The molecule has 3 rings (SSSR count). The van der Waals surface area contributed by atoms with Gasteiger partial charge >= 0.3 is 0 Å². The van der Waals surface area contributed by atoms with Crippen LogP contribution in [0.15, 0.2) is 28.7 Å². The first kappa shape index (κ1) is 17.7. The number of carbonyl (C=O) groups is 2. The molecule has 0 fully saturated rings. The first-order chi connectivity index (χ1) is 12.5. The molecule has 10 heteroatoms. The van der Waals surface area contributed by atoms with Crippen molar-refractivity contribution in [2.75, 3.05) is 17.8 Å². The number of hydrogen-bond donors (Lipinski definition) is 3. The van der Waals surface area contributed by atoms with E-state index in [1.54, 1.807) is 30.5 Å². The predicted octanol–water partition coefficient (Wildman–Crippen LogP) is 1.52. The van der Waals surface area contributed by atoms with Gasteiger partial charge in [0.2, 0.25) is 18.6 Å². The molecular weight excluding hydrogens is 358 g/mol. The fourth-order valence-electron chi connectivity index (χ4n) is 2.22. The maximum Gasteiger partial charge on any atom is 0.246 e. The van der Waals surface area contributed by atoms with E-state index in [2.05, 4.69) is 20.8 Å². The molecule has 2 amide bonds. The highest BCUT2D eigenvalue weighted by Crippen LogP contribution is 2.34. The monoisotopic (exact) mass is 375 g/mol. The maximum atomic E-state index is 12.1. The van der Waals surface area contributed by atoms with Crippen LogP contribution >= 0.6 is 11.3 Å². The SMILES string of the molecule is C/C(CC(=O)Nc1ccc2c(c1)OCO2)=N\NC(=O)Cc1csc(N)n1. The Bertz CT molecular complexity index is 864. The Kier molecular flexibility index (Phi) is 5.32. The van der Waals surface area contributed by atoms with Crippen LogP contribution in [0.25, 0.3) is 0 Å². The molecule has 2 aromatic rings. The lowest BCUT2D eigenvalue weighted by atomic mass is 10.2. The average molecular weight is 375 g/mol. The molecule has 0 unspecified atom stereocenters. The average Bonchev–Trinajstić information content (AvgIpc) is 3.21. The van der Waals surface area contributed by atoms with Gasteiger partial charge in [-0.05, 0) is 19.1 Å². The van der Waals surface area contributed by atoms with Gasteiger partial charge in [-0.1, -0.05) is 0 Å². The smallest absolute Gasteiger partial charge is 0.246 e.